The number of ether oxygens (including phenoxy) is 2. The molecule has 38 heavy (non-hydrogen) atoms. The molecule has 6 nitrogen and oxygen atoms in total. The SMILES string of the molecule is O=C1C=C(c2cccc(Cl)c2)[C@]2(C(=O)Nc3cc(Cl)ccc32)[C@@H](c2cc(Cl)ccc2OC2CCOCC2)N1. The normalized spacial score (nSPS) is 23.0. The van der Waals surface area contributed by atoms with Gasteiger partial charge in [0.2, 0.25) is 11.8 Å². The molecule has 0 bridgehead atoms. The van der Waals surface area contributed by atoms with Crippen LogP contribution in [-0.4, -0.2) is 31.1 Å². The molecule has 1 fully saturated rings. The fourth-order valence-electron chi connectivity index (χ4n) is 5.66. The second-order valence-electron chi connectivity index (χ2n) is 9.57. The highest BCUT2D eigenvalue weighted by molar-refractivity contribution is 6.32. The van der Waals surface area contributed by atoms with E-state index in [-0.39, 0.29) is 17.9 Å². The maximum absolute atomic E-state index is 14.2. The highest BCUT2D eigenvalue weighted by Crippen LogP contribution is 2.57. The molecule has 3 aromatic rings. The van der Waals surface area contributed by atoms with Gasteiger partial charge in [-0.3, -0.25) is 9.59 Å². The molecule has 2 amide bonds. The van der Waals surface area contributed by atoms with Crippen molar-refractivity contribution < 1.29 is 19.1 Å². The van der Waals surface area contributed by atoms with Crippen molar-refractivity contribution in [2.75, 3.05) is 18.5 Å². The average molecular weight is 570 g/mol. The number of nitrogens with one attached hydrogen (secondary N) is 2. The lowest BCUT2D eigenvalue weighted by Crippen LogP contribution is -2.52. The summed E-state index contributed by atoms with van der Waals surface area (Å²) >= 11 is 19.2. The first kappa shape index (κ1) is 25.3. The Kier molecular flexibility index (Phi) is 6.60. The van der Waals surface area contributed by atoms with E-state index >= 15 is 0 Å². The van der Waals surface area contributed by atoms with Gasteiger partial charge in [0.15, 0.2) is 0 Å². The van der Waals surface area contributed by atoms with E-state index in [1.807, 2.05) is 12.1 Å². The third kappa shape index (κ3) is 4.26. The largest absolute Gasteiger partial charge is 0.490 e. The first-order valence-electron chi connectivity index (χ1n) is 12.3. The lowest BCUT2D eigenvalue weighted by molar-refractivity contribution is -0.122. The molecular weight excluding hydrogens is 547 g/mol. The van der Waals surface area contributed by atoms with Gasteiger partial charge in [0.05, 0.1) is 19.3 Å². The van der Waals surface area contributed by atoms with Gasteiger partial charge in [-0.1, -0.05) is 53.0 Å². The van der Waals surface area contributed by atoms with Crippen LogP contribution in [0.15, 0.2) is 66.7 Å². The van der Waals surface area contributed by atoms with Gasteiger partial charge in [-0.2, -0.15) is 0 Å². The average Bonchev–Trinajstić information content (AvgIpc) is 3.18. The van der Waals surface area contributed by atoms with E-state index in [1.165, 1.54) is 6.08 Å². The molecule has 6 rings (SSSR count). The lowest BCUT2D eigenvalue weighted by atomic mass is 9.64. The third-order valence-corrected chi connectivity index (χ3v) is 8.02. The summed E-state index contributed by atoms with van der Waals surface area (Å²) in [6.45, 7) is 1.21. The number of anilines is 1. The Labute approximate surface area is 234 Å². The van der Waals surface area contributed by atoms with Gasteiger partial charge in [-0.15, -0.1) is 0 Å². The summed E-state index contributed by atoms with van der Waals surface area (Å²) in [4.78, 5) is 27.4. The van der Waals surface area contributed by atoms with Crippen molar-refractivity contribution in [1.29, 1.82) is 0 Å². The fraction of sp³-hybridized carbons (Fsp3) is 0.241. The molecule has 3 aromatic carbocycles. The summed E-state index contributed by atoms with van der Waals surface area (Å²) in [5, 5.41) is 7.50. The molecule has 0 radical (unpaired) electrons. The number of rotatable bonds is 4. The van der Waals surface area contributed by atoms with Crippen molar-refractivity contribution in [2.45, 2.75) is 30.4 Å². The molecule has 3 aliphatic rings. The van der Waals surface area contributed by atoms with Crippen LogP contribution in [0, 0.1) is 0 Å². The minimum atomic E-state index is -1.35. The van der Waals surface area contributed by atoms with Gasteiger partial charge < -0.3 is 20.1 Å². The van der Waals surface area contributed by atoms with E-state index in [1.54, 1.807) is 48.5 Å². The Morgan fingerprint density at radius 1 is 0.895 bits per heavy atom. The Morgan fingerprint density at radius 3 is 2.42 bits per heavy atom. The van der Waals surface area contributed by atoms with Crippen molar-refractivity contribution >= 4 is 57.9 Å². The molecule has 0 saturated carbocycles. The Balaban J connectivity index is 1.59. The predicted molar refractivity (Wildman–Crippen MR) is 148 cm³/mol. The summed E-state index contributed by atoms with van der Waals surface area (Å²) in [6.07, 6.45) is 2.87. The van der Waals surface area contributed by atoms with Gasteiger partial charge >= 0.3 is 0 Å². The van der Waals surface area contributed by atoms with Crippen LogP contribution in [0.25, 0.3) is 5.57 Å². The molecule has 0 unspecified atom stereocenters. The standard InChI is InChI=1S/C29H23Cl3N2O4/c30-17-3-1-2-16(12-17)23-15-26(35)34-27(29(23)22-6-4-19(32)14-24(22)33-28(29)36)21-13-18(31)5-7-25(21)38-20-8-10-37-11-9-20/h1-7,12-15,20,27H,8-11H2,(H,33,36)(H,34,35)/t27-,29+/m1/s1. The molecule has 9 heteroatoms. The molecule has 1 saturated heterocycles. The van der Waals surface area contributed by atoms with E-state index in [4.69, 9.17) is 44.3 Å². The Bertz CT molecular complexity index is 1480. The number of carbonyl (C=O) groups is 2. The van der Waals surface area contributed by atoms with Gasteiger partial charge in [0.1, 0.15) is 17.3 Å². The van der Waals surface area contributed by atoms with Crippen LogP contribution >= 0.6 is 34.8 Å². The molecule has 0 aromatic heterocycles. The van der Waals surface area contributed by atoms with Crippen molar-refractivity contribution in [3.8, 4) is 5.75 Å². The van der Waals surface area contributed by atoms with E-state index in [2.05, 4.69) is 10.6 Å². The van der Waals surface area contributed by atoms with Crippen molar-refractivity contribution in [3.05, 3.63) is 98.5 Å². The van der Waals surface area contributed by atoms with Crippen molar-refractivity contribution in [1.82, 2.24) is 5.32 Å². The van der Waals surface area contributed by atoms with Crippen LogP contribution in [0.3, 0.4) is 0 Å². The predicted octanol–water partition coefficient (Wildman–Crippen LogP) is 6.35. The number of hydrogen-bond acceptors (Lipinski definition) is 4. The first-order valence-corrected chi connectivity index (χ1v) is 13.4. The smallest absolute Gasteiger partial charge is 0.244 e. The monoisotopic (exact) mass is 568 g/mol. The summed E-state index contributed by atoms with van der Waals surface area (Å²) in [5.41, 5.74) is 1.68. The van der Waals surface area contributed by atoms with Gasteiger partial charge in [0, 0.05) is 45.2 Å². The molecule has 2 atom stereocenters. The zero-order valence-corrected chi connectivity index (χ0v) is 22.4. The number of benzene rings is 3. The summed E-state index contributed by atoms with van der Waals surface area (Å²) in [6, 6.07) is 16.9. The molecule has 2 N–H and O–H groups in total. The molecule has 1 spiro atoms. The molecule has 0 aliphatic carbocycles. The molecule has 3 heterocycles. The highest BCUT2D eigenvalue weighted by Gasteiger charge is 2.58. The van der Waals surface area contributed by atoms with Crippen molar-refractivity contribution in [3.63, 3.8) is 0 Å². The summed E-state index contributed by atoms with van der Waals surface area (Å²) < 4.78 is 11.9. The first-order chi connectivity index (χ1) is 18.4. The number of amides is 2. The maximum Gasteiger partial charge on any atom is 0.244 e. The van der Waals surface area contributed by atoms with E-state index in [0.29, 0.717) is 62.0 Å². The van der Waals surface area contributed by atoms with E-state index in [9.17, 15) is 9.59 Å². The minimum absolute atomic E-state index is 0.0645. The second kappa shape index (κ2) is 9.93. The number of fused-ring (bicyclic) bond motifs is 2. The number of halogens is 3. The van der Waals surface area contributed by atoms with Crippen molar-refractivity contribution in [2.24, 2.45) is 0 Å². The molecular formula is C29H23Cl3N2O4. The van der Waals surface area contributed by atoms with Gasteiger partial charge in [-0.25, -0.2) is 0 Å². The maximum atomic E-state index is 14.2. The zero-order chi connectivity index (χ0) is 26.4. The third-order valence-electron chi connectivity index (χ3n) is 7.31. The summed E-state index contributed by atoms with van der Waals surface area (Å²) in [7, 11) is 0. The van der Waals surface area contributed by atoms with Gasteiger partial charge in [0.25, 0.3) is 0 Å². The highest BCUT2D eigenvalue weighted by atomic mass is 35.5. The molecule has 3 aliphatic heterocycles. The van der Waals surface area contributed by atoms with Crippen LogP contribution < -0.4 is 15.4 Å². The minimum Gasteiger partial charge on any atom is -0.490 e. The second-order valence-corrected chi connectivity index (χ2v) is 10.9. The molecule has 194 valence electrons. The summed E-state index contributed by atoms with van der Waals surface area (Å²) in [5.74, 6) is -0.0978. The van der Waals surface area contributed by atoms with Crippen LogP contribution in [0.5, 0.6) is 5.75 Å². The number of hydrogen-bond donors (Lipinski definition) is 2. The topological polar surface area (TPSA) is 76.7 Å². The lowest BCUT2D eigenvalue weighted by Gasteiger charge is -2.42. The van der Waals surface area contributed by atoms with Crippen LogP contribution in [0.2, 0.25) is 15.1 Å². The Hall–Kier alpha value is -3.03. The fourth-order valence-corrected chi connectivity index (χ4v) is 6.20. The van der Waals surface area contributed by atoms with E-state index in [0.717, 1.165) is 12.8 Å². The van der Waals surface area contributed by atoms with Crippen LogP contribution in [0.4, 0.5) is 5.69 Å². The van der Waals surface area contributed by atoms with Crippen LogP contribution in [-0.2, 0) is 19.7 Å². The Morgan fingerprint density at radius 2 is 1.63 bits per heavy atom. The number of carbonyl (C=O) groups excluding carboxylic acids is 2. The van der Waals surface area contributed by atoms with E-state index < -0.39 is 11.5 Å². The van der Waals surface area contributed by atoms with Crippen LogP contribution in [0.1, 0.15) is 35.6 Å². The van der Waals surface area contributed by atoms with Gasteiger partial charge in [-0.05, 0) is 59.2 Å². The zero-order valence-electron chi connectivity index (χ0n) is 20.1. The quantitative estimate of drug-likeness (QED) is 0.384.